The van der Waals surface area contributed by atoms with E-state index in [4.69, 9.17) is 0 Å². The maximum Gasteiger partial charge on any atom is 0.240 e. The van der Waals surface area contributed by atoms with Gasteiger partial charge in [-0.3, -0.25) is 10.1 Å². The third-order valence-corrected chi connectivity index (χ3v) is 5.17. The lowest BCUT2D eigenvalue weighted by molar-refractivity contribution is -0.130. The second-order valence-electron chi connectivity index (χ2n) is 4.77. The van der Waals surface area contributed by atoms with Crippen molar-refractivity contribution in [3.8, 4) is 0 Å². The van der Waals surface area contributed by atoms with Crippen molar-refractivity contribution in [1.82, 2.24) is 10.2 Å². The number of carbonyl (C=O) groups is 1. The molecule has 1 heterocycles. The average Bonchev–Trinajstić information content (AvgIpc) is 2.37. The molecular formula is C11H20N2OS. The van der Waals surface area contributed by atoms with Crippen molar-refractivity contribution >= 4 is 17.7 Å². The van der Waals surface area contributed by atoms with E-state index in [-0.39, 0.29) is 18.1 Å². The first-order valence-corrected chi connectivity index (χ1v) is 6.92. The summed E-state index contributed by atoms with van der Waals surface area (Å²) in [5.41, 5.74) is 0. The monoisotopic (exact) mass is 228 g/mol. The molecule has 2 fully saturated rings. The van der Waals surface area contributed by atoms with Gasteiger partial charge in [-0.25, -0.2) is 0 Å². The highest BCUT2D eigenvalue weighted by Crippen LogP contribution is 2.43. The molecule has 2 atom stereocenters. The molecule has 0 radical (unpaired) electrons. The molecule has 1 aliphatic carbocycles. The Balaban J connectivity index is 2.02. The van der Waals surface area contributed by atoms with Gasteiger partial charge in [0.25, 0.3) is 0 Å². The van der Waals surface area contributed by atoms with Crippen LogP contribution in [0.25, 0.3) is 0 Å². The Kier molecular flexibility index (Phi) is 2.99. The summed E-state index contributed by atoms with van der Waals surface area (Å²) in [6.45, 7) is 4.95. The topological polar surface area (TPSA) is 32.3 Å². The Hall–Kier alpha value is -0.220. The van der Waals surface area contributed by atoms with Crippen LogP contribution in [0.5, 0.6) is 0 Å². The molecule has 0 aromatic carbocycles. The first kappa shape index (κ1) is 11.3. The standard InChI is InChI=1S/C11H20N2OS/c1-8-10(14)13(9(2)12-8)7-11(15-3)5-4-6-11/h8-9,12H,4-7H2,1-3H3. The van der Waals surface area contributed by atoms with Crippen LogP contribution in [0.15, 0.2) is 0 Å². The Labute approximate surface area is 96.0 Å². The number of hydrogen-bond donors (Lipinski definition) is 1. The average molecular weight is 228 g/mol. The molecule has 2 unspecified atom stereocenters. The summed E-state index contributed by atoms with van der Waals surface area (Å²) in [4.78, 5) is 13.9. The Morgan fingerprint density at radius 1 is 1.53 bits per heavy atom. The maximum absolute atomic E-state index is 11.9. The second-order valence-corrected chi connectivity index (χ2v) is 6.05. The van der Waals surface area contributed by atoms with Crippen molar-refractivity contribution in [1.29, 1.82) is 0 Å². The van der Waals surface area contributed by atoms with Crippen LogP contribution in [0.2, 0.25) is 0 Å². The Morgan fingerprint density at radius 3 is 2.53 bits per heavy atom. The van der Waals surface area contributed by atoms with E-state index >= 15 is 0 Å². The Bertz CT molecular complexity index is 260. The van der Waals surface area contributed by atoms with E-state index in [9.17, 15) is 4.79 Å². The third kappa shape index (κ3) is 1.89. The zero-order valence-corrected chi connectivity index (χ0v) is 10.6. The van der Waals surface area contributed by atoms with Gasteiger partial charge < -0.3 is 4.90 Å². The molecule has 2 aliphatic rings. The molecule has 0 bridgehead atoms. The summed E-state index contributed by atoms with van der Waals surface area (Å²) in [5, 5.41) is 3.28. The summed E-state index contributed by atoms with van der Waals surface area (Å²) < 4.78 is 0.357. The van der Waals surface area contributed by atoms with Gasteiger partial charge in [-0.2, -0.15) is 11.8 Å². The lowest BCUT2D eigenvalue weighted by Crippen LogP contribution is -2.49. The van der Waals surface area contributed by atoms with Gasteiger partial charge in [0.15, 0.2) is 0 Å². The van der Waals surface area contributed by atoms with Crippen LogP contribution in [0.3, 0.4) is 0 Å². The molecule has 15 heavy (non-hydrogen) atoms. The van der Waals surface area contributed by atoms with Crippen molar-refractivity contribution in [3.63, 3.8) is 0 Å². The smallest absolute Gasteiger partial charge is 0.240 e. The molecule has 1 saturated heterocycles. The summed E-state index contributed by atoms with van der Waals surface area (Å²) >= 11 is 1.93. The van der Waals surface area contributed by atoms with Crippen molar-refractivity contribution in [3.05, 3.63) is 0 Å². The maximum atomic E-state index is 11.9. The summed E-state index contributed by atoms with van der Waals surface area (Å²) in [6, 6.07) is -0.000942. The number of hydrogen-bond acceptors (Lipinski definition) is 3. The number of amides is 1. The van der Waals surface area contributed by atoms with E-state index in [0.29, 0.717) is 4.75 Å². The summed E-state index contributed by atoms with van der Waals surface area (Å²) in [6.07, 6.45) is 6.22. The van der Waals surface area contributed by atoms with E-state index in [1.54, 1.807) is 0 Å². The number of carbonyl (C=O) groups excluding carboxylic acids is 1. The number of thioether (sulfide) groups is 1. The molecule has 0 aromatic heterocycles. The van der Waals surface area contributed by atoms with Gasteiger partial charge in [0.2, 0.25) is 5.91 Å². The molecule has 0 aromatic rings. The van der Waals surface area contributed by atoms with E-state index < -0.39 is 0 Å². The lowest BCUT2D eigenvalue weighted by Gasteiger charge is -2.43. The zero-order valence-electron chi connectivity index (χ0n) is 9.75. The fourth-order valence-electron chi connectivity index (χ4n) is 2.49. The van der Waals surface area contributed by atoms with Crippen LogP contribution in [-0.4, -0.2) is 40.6 Å². The molecule has 86 valence electrons. The molecule has 3 nitrogen and oxygen atoms in total. The van der Waals surface area contributed by atoms with Crippen LogP contribution in [0, 0.1) is 0 Å². The van der Waals surface area contributed by atoms with Crippen molar-refractivity contribution < 1.29 is 4.79 Å². The highest BCUT2D eigenvalue weighted by molar-refractivity contribution is 8.00. The summed E-state index contributed by atoms with van der Waals surface area (Å²) in [5.74, 6) is 0.267. The van der Waals surface area contributed by atoms with Crippen LogP contribution < -0.4 is 5.32 Å². The van der Waals surface area contributed by atoms with Crippen molar-refractivity contribution in [2.75, 3.05) is 12.8 Å². The molecule has 1 amide bonds. The van der Waals surface area contributed by atoms with E-state index in [2.05, 4.69) is 18.5 Å². The van der Waals surface area contributed by atoms with Gasteiger partial charge >= 0.3 is 0 Å². The second kappa shape index (κ2) is 3.98. The quantitative estimate of drug-likeness (QED) is 0.793. The van der Waals surface area contributed by atoms with Crippen LogP contribution >= 0.6 is 11.8 Å². The van der Waals surface area contributed by atoms with Gasteiger partial charge in [0.05, 0.1) is 12.2 Å². The van der Waals surface area contributed by atoms with E-state index in [0.717, 1.165) is 6.54 Å². The van der Waals surface area contributed by atoms with Crippen molar-refractivity contribution in [2.45, 2.75) is 50.1 Å². The van der Waals surface area contributed by atoms with E-state index in [1.807, 2.05) is 23.6 Å². The fraction of sp³-hybridized carbons (Fsp3) is 0.909. The lowest BCUT2D eigenvalue weighted by atomic mass is 9.83. The van der Waals surface area contributed by atoms with Gasteiger partial charge in [-0.1, -0.05) is 6.42 Å². The van der Waals surface area contributed by atoms with Crippen LogP contribution in [0.4, 0.5) is 0 Å². The number of nitrogens with one attached hydrogen (secondary N) is 1. The number of nitrogens with zero attached hydrogens (tertiary/aromatic N) is 1. The molecule has 1 aliphatic heterocycles. The minimum absolute atomic E-state index is 0.000942. The highest BCUT2D eigenvalue weighted by Gasteiger charge is 2.43. The van der Waals surface area contributed by atoms with Gasteiger partial charge in [-0.05, 0) is 32.9 Å². The number of rotatable bonds is 3. The molecule has 2 rings (SSSR count). The minimum atomic E-state index is -0.000942. The normalized spacial score (nSPS) is 34.3. The first-order valence-electron chi connectivity index (χ1n) is 5.70. The first-order chi connectivity index (χ1) is 7.08. The fourth-order valence-corrected chi connectivity index (χ4v) is 3.45. The minimum Gasteiger partial charge on any atom is -0.325 e. The summed E-state index contributed by atoms with van der Waals surface area (Å²) in [7, 11) is 0. The zero-order chi connectivity index (χ0) is 11.1. The molecular weight excluding hydrogens is 208 g/mol. The largest absolute Gasteiger partial charge is 0.325 e. The molecule has 1 N–H and O–H groups in total. The van der Waals surface area contributed by atoms with Crippen molar-refractivity contribution in [2.24, 2.45) is 0 Å². The van der Waals surface area contributed by atoms with Gasteiger partial charge in [0, 0.05) is 11.3 Å². The predicted octanol–water partition coefficient (Wildman–Crippen LogP) is 1.44. The van der Waals surface area contributed by atoms with Gasteiger partial charge in [-0.15, -0.1) is 0 Å². The Morgan fingerprint density at radius 2 is 2.20 bits per heavy atom. The van der Waals surface area contributed by atoms with Crippen LogP contribution in [0.1, 0.15) is 33.1 Å². The van der Waals surface area contributed by atoms with Crippen LogP contribution in [-0.2, 0) is 4.79 Å². The third-order valence-electron chi connectivity index (χ3n) is 3.77. The predicted molar refractivity (Wildman–Crippen MR) is 63.9 cm³/mol. The molecule has 0 spiro atoms. The van der Waals surface area contributed by atoms with E-state index in [1.165, 1.54) is 19.3 Å². The molecule has 4 heteroatoms. The SMILES string of the molecule is CSC1(CN2C(=O)C(C)NC2C)CCC1. The molecule has 1 saturated carbocycles. The highest BCUT2D eigenvalue weighted by atomic mass is 32.2. The van der Waals surface area contributed by atoms with Gasteiger partial charge in [0.1, 0.15) is 0 Å².